The Kier molecular flexibility index (Phi) is 8.12. The Balaban J connectivity index is 0.000000482. The van der Waals surface area contributed by atoms with Gasteiger partial charge in [-0.1, -0.05) is 30.4 Å². The van der Waals surface area contributed by atoms with Crippen LogP contribution in [0.1, 0.15) is 31.4 Å². The third-order valence-electron chi connectivity index (χ3n) is 7.56. The standard InChI is InChI=1S/C22H24N2O8.C6H8O2/c1-21(31)8-5-4-6-11(25)12(8)16(26)13-9(21)7-10-15(24(2)3)17(27)14(20(23)30)19(29)22(10,32)18(13)28;1-2-3-4-5-6(7)8/h4-6,9-10,15,25-26,29,31-32H,7H2,1-3H3,(H2,23,30);2-5H,1H3,(H,7,8)/b;3-2+,5-4+/t9-,10-,15-,21-,22-;/m0./s1. The molecule has 0 aromatic heterocycles. The van der Waals surface area contributed by atoms with E-state index in [0.717, 1.165) is 6.08 Å². The van der Waals surface area contributed by atoms with Crippen LogP contribution >= 0.6 is 0 Å². The normalized spacial score (nSPS) is 29.7. The van der Waals surface area contributed by atoms with Gasteiger partial charge >= 0.3 is 5.97 Å². The third-order valence-corrected chi connectivity index (χ3v) is 7.56. The summed E-state index contributed by atoms with van der Waals surface area (Å²) in [4.78, 5) is 49.7. The summed E-state index contributed by atoms with van der Waals surface area (Å²) < 4.78 is 0. The zero-order valence-electron chi connectivity index (χ0n) is 22.3. The van der Waals surface area contributed by atoms with Crippen molar-refractivity contribution in [3.8, 4) is 5.75 Å². The van der Waals surface area contributed by atoms with Crippen molar-refractivity contribution in [3.63, 3.8) is 0 Å². The van der Waals surface area contributed by atoms with E-state index in [-0.39, 0.29) is 17.5 Å². The lowest BCUT2D eigenvalue weighted by Crippen LogP contribution is -2.67. The van der Waals surface area contributed by atoms with E-state index < -0.39 is 80.9 Å². The fraction of sp³-hybridized carbons (Fsp3) is 0.357. The molecule has 1 fully saturated rings. The summed E-state index contributed by atoms with van der Waals surface area (Å²) in [5.74, 6) is -8.81. The van der Waals surface area contributed by atoms with E-state index in [2.05, 4.69) is 0 Å². The number of rotatable bonds is 4. The predicted molar refractivity (Wildman–Crippen MR) is 142 cm³/mol. The van der Waals surface area contributed by atoms with E-state index in [1.54, 1.807) is 12.2 Å². The molecule has 12 heteroatoms. The number of aromatic hydroxyl groups is 1. The van der Waals surface area contributed by atoms with E-state index in [1.165, 1.54) is 50.2 Å². The Morgan fingerprint density at radius 1 is 1.10 bits per heavy atom. The quantitative estimate of drug-likeness (QED) is 0.156. The summed E-state index contributed by atoms with van der Waals surface area (Å²) in [6.07, 6.45) is 5.78. The molecule has 3 aliphatic rings. The maximum Gasteiger partial charge on any atom is 0.328 e. The molecule has 1 aromatic rings. The smallest absolute Gasteiger partial charge is 0.328 e. The van der Waals surface area contributed by atoms with Crippen molar-refractivity contribution < 1.29 is 49.8 Å². The highest BCUT2D eigenvalue weighted by molar-refractivity contribution is 6.24. The second kappa shape index (κ2) is 10.7. The number of aliphatic hydroxyl groups excluding tert-OH is 2. The maximum atomic E-state index is 13.7. The van der Waals surface area contributed by atoms with Crippen molar-refractivity contribution in [2.45, 2.75) is 37.5 Å². The maximum absolute atomic E-state index is 13.7. The molecule has 0 aliphatic heterocycles. The minimum atomic E-state index is -2.75. The number of carbonyl (C=O) groups excluding carboxylic acids is 3. The first-order chi connectivity index (χ1) is 18.5. The first-order valence-corrected chi connectivity index (χ1v) is 12.3. The van der Waals surface area contributed by atoms with Gasteiger partial charge in [0, 0.05) is 23.5 Å². The van der Waals surface area contributed by atoms with Crippen molar-refractivity contribution in [2.75, 3.05) is 14.1 Å². The average molecular weight is 557 g/mol. The van der Waals surface area contributed by atoms with Crippen LogP contribution < -0.4 is 5.73 Å². The first-order valence-electron chi connectivity index (χ1n) is 12.3. The van der Waals surface area contributed by atoms with Crippen molar-refractivity contribution >= 4 is 29.2 Å². The Morgan fingerprint density at radius 3 is 2.25 bits per heavy atom. The van der Waals surface area contributed by atoms with Crippen LogP contribution in [0.15, 0.2) is 59.4 Å². The van der Waals surface area contributed by atoms with Crippen LogP contribution in [-0.2, 0) is 24.8 Å². The third kappa shape index (κ3) is 4.59. The molecule has 0 heterocycles. The molecule has 4 rings (SSSR count). The number of likely N-dealkylation sites (N-methyl/N-ethyl adjacent to an activating group) is 1. The summed E-state index contributed by atoms with van der Waals surface area (Å²) in [5, 5.41) is 62.9. The van der Waals surface area contributed by atoms with Gasteiger partial charge in [-0.25, -0.2) is 4.79 Å². The number of carboxylic acids is 1. The number of nitrogens with zero attached hydrogens (tertiary/aromatic N) is 1. The number of benzene rings is 1. The van der Waals surface area contributed by atoms with Crippen LogP contribution in [0.2, 0.25) is 0 Å². The molecular weight excluding hydrogens is 524 g/mol. The molecule has 0 unspecified atom stereocenters. The fourth-order valence-electron chi connectivity index (χ4n) is 5.75. The van der Waals surface area contributed by atoms with Gasteiger partial charge in [-0.05, 0) is 46.0 Å². The number of hydrogen-bond acceptors (Lipinski definition) is 10. The first kappa shape index (κ1) is 30.3. The number of allylic oxidation sites excluding steroid dienone is 3. The van der Waals surface area contributed by atoms with Crippen LogP contribution in [-0.4, -0.2) is 84.7 Å². The number of aliphatic carboxylic acids is 1. The van der Waals surface area contributed by atoms with Crippen LogP contribution in [0, 0.1) is 11.8 Å². The van der Waals surface area contributed by atoms with E-state index in [0.29, 0.717) is 0 Å². The monoisotopic (exact) mass is 556 g/mol. The topological polar surface area (TPSA) is 219 Å². The number of Topliss-reactive ketones (excluding diaryl/α,β-unsaturated/α-hetero) is 2. The highest BCUT2D eigenvalue weighted by atomic mass is 16.4. The van der Waals surface area contributed by atoms with E-state index in [9.17, 15) is 44.7 Å². The predicted octanol–water partition coefficient (Wildman–Crippen LogP) is 0.832. The van der Waals surface area contributed by atoms with Gasteiger partial charge in [0.25, 0.3) is 5.91 Å². The van der Waals surface area contributed by atoms with E-state index >= 15 is 0 Å². The molecule has 214 valence electrons. The second-order valence-corrected chi connectivity index (χ2v) is 10.2. The van der Waals surface area contributed by atoms with Crippen LogP contribution in [0.4, 0.5) is 0 Å². The lowest BCUT2D eigenvalue weighted by atomic mass is 9.54. The molecule has 40 heavy (non-hydrogen) atoms. The van der Waals surface area contributed by atoms with Crippen LogP contribution in [0.3, 0.4) is 0 Å². The number of amides is 1. The summed E-state index contributed by atoms with van der Waals surface area (Å²) in [5.41, 5.74) is -0.548. The zero-order valence-corrected chi connectivity index (χ0v) is 22.3. The molecule has 3 aliphatic carbocycles. The number of nitrogens with two attached hydrogens (primary N) is 1. The van der Waals surface area contributed by atoms with Gasteiger partial charge in [0.1, 0.15) is 22.8 Å². The van der Waals surface area contributed by atoms with Gasteiger partial charge in [0.05, 0.1) is 17.2 Å². The molecule has 1 amide bonds. The average Bonchev–Trinajstić information content (AvgIpc) is 2.84. The number of phenolic OH excluding ortho intramolecular Hbond substituents is 1. The molecule has 0 saturated heterocycles. The van der Waals surface area contributed by atoms with Crippen molar-refractivity contribution in [1.29, 1.82) is 0 Å². The van der Waals surface area contributed by atoms with Gasteiger partial charge < -0.3 is 36.4 Å². The minimum absolute atomic E-state index is 0.170. The number of carboxylic acid groups (broad SMARTS) is 1. The van der Waals surface area contributed by atoms with Crippen LogP contribution in [0.5, 0.6) is 5.75 Å². The number of carbonyl (C=O) groups is 4. The molecule has 1 saturated carbocycles. The molecule has 8 N–H and O–H groups in total. The summed E-state index contributed by atoms with van der Waals surface area (Å²) in [6.45, 7) is 3.23. The molecule has 5 atom stereocenters. The molecule has 1 aromatic carbocycles. The second-order valence-electron chi connectivity index (χ2n) is 10.2. The number of hydrogen-bond donors (Lipinski definition) is 7. The fourth-order valence-corrected chi connectivity index (χ4v) is 5.75. The number of ketones is 2. The summed E-state index contributed by atoms with van der Waals surface area (Å²) in [6, 6.07) is 3.02. The van der Waals surface area contributed by atoms with Crippen molar-refractivity contribution in [2.24, 2.45) is 17.6 Å². The Labute approximate surface area is 229 Å². The van der Waals surface area contributed by atoms with Gasteiger partial charge in [-0.15, -0.1) is 0 Å². The van der Waals surface area contributed by atoms with E-state index in [4.69, 9.17) is 10.8 Å². The van der Waals surface area contributed by atoms with Crippen molar-refractivity contribution in [1.82, 2.24) is 4.90 Å². The molecule has 0 spiro atoms. The number of phenols is 1. The highest BCUT2D eigenvalue weighted by Crippen LogP contribution is 2.57. The largest absolute Gasteiger partial charge is 0.508 e. The number of primary amides is 1. The Morgan fingerprint density at radius 2 is 1.73 bits per heavy atom. The molecule has 0 bridgehead atoms. The highest BCUT2D eigenvalue weighted by Gasteiger charge is 2.66. The van der Waals surface area contributed by atoms with Gasteiger partial charge in [0.15, 0.2) is 11.4 Å². The molecule has 0 radical (unpaired) electrons. The Hall–Kier alpha value is -4.26. The van der Waals surface area contributed by atoms with Crippen molar-refractivity contribution in [3.05, 3.63) is 70.5 Å². The van der Waals surface area contributed by atoms with Gasteiger partial charge in [-0.3, -0.25) is 19.3 Å². The zero-order chi connectivity index (χ0) is 30.3. The Bertz CT molecular complexity index is 1400. The van der Waals surface area contributed by atoms with E-state index in [1.807, 2.05) is 6.92 Å². The van der Waals surface area contributed by atoms with Crippen LogP contribution in [0.25, 0.3) is 5.76 Å². The molecular formula is C28H32N2O10. The molecule has 12 nitrogen and oxygen atoms in total. The van der Waals surface area contributed by atoms with Gasteiger partial charge in [0.2, 0.25) is 5.78 Å². The number of aliphatic hydroxyl groups is 4. The lowest BCUT2D eigenvalue weighted by molar-refractivity contribution is -0.159. The lowest BCUT2D eigenvalue weighted by Gasteiger charge is -2.53. The summed E-state index contributed by atoms with van der Waals surface area (Å²) >= 11 is 0. The number of fused-ring (bicyclic) bond motifs is 3. The van der Waals surface area contributed by atoms with Gasteiger partial charge in [-0.2, -0.15) is 0 Å². The summed E-state index contributed by atoms with van der Waals surface area (Å²) in [7, 11) is 3.01. The SMILES string of the molecule is C/C=C/C=C/C(=O)O.CN(C)[C@@H]1C(=O)C(C(N)=O)=C(O)[C@@]2(O)C(=O)C3=C(O)c4c(O)cccc4[C@](C)(O)[C@H]3C[C@@H]12. The minimum Gasteiger partial charge on any atom is -0.508 e.